The van der Waals surface area contributed by atoms with Crippen molar-refractivity contribution in [3.63, 3.8) is 0 Å². The number of hydrogen-bond acceptors (Lipinski definition) is 3. The predicted molar refractivity (Wildman–Crippen MR) is 78.8 cm³/mol. The average molecular weight is 253 g/mol. The Morgan fingerprint density at radius 2 is 2.11 bits per heavy atom. The molecule has 0 atom stereocenters. The van der Waals surface area contributed by atoms with Crippen molar-refractivity contribution in [3.8, 4) is 0 Å². The van der Waals surface area contributed by atoms with Gasteiger partial charge in [0.2, 0.25) is 0 Å². The van der Waals surface area contributed by atoms with E-state index in [1.54, 1.807) is 0 Å². The molecule has 0 saturated heterocycles. The molecule has 0 aliphatic carbocycles. The molecule has 1 aromatic carbocycles. The summed E-state index contributed by atoms with van der Waals surface area (Å²) in [5.74, 6) is 0. The van der Waals surface area contributed by atoms with Crippen molar-refractivity contribution in [3.05, 3.63) is 53.9 Å². The maximum atomic E-state index is 4.51. The van der Waals surface area contributed by atoms with Crippen LogP contribution in [-0.4, -0.2) is 18.6 Å². The van der Waals surface area contributed by atoms with Crippen LogP contribution in [0.2, 0.25) is 0 Å². The van der Waals surface area contributed by atoms with Crippen molar-refractivity contribution >= 4 is 11.4 Å². The van der Waals surface area contributed by atoms with Gasteiger partial charge < -0.3 is 10.2 Å². The molecule has 0 amide bonds. The van der Waals surface area contributed by atoms with Gasteiger partial charge in [0.15, 0.2) is 0 Å². The molecule has 2 heterocycles. The molecule has 1 aliphatic rings. The van der Waals surface area contributed by atoms with E-state index in [0.717, 1.165) is 18.8 Å². The fraction of sp³-hybridized carbons (Fsp3) is 0.312. The summed E-state index contributed by atoms with van der Waals surface area (Å²) < 4.78 is 0. The smallest absolute Gasteiger partial charge is 0.0597 e. The van der Waals surface area contributed by atoms with Gasteiger partial charge in [0, 0.05) is 18.8 Å². The third kappa shape index (κ3) is 2.47. The van der Waals surface area contributed by atoms with Crippen LogP contribution in [-0.2, 0) is 13.0 Å². The van der Waals surface area contributed by atoms with Crippen LogP contribution < -0.4 is 10.2 Å². The maximum absolute atomic E-state index is 4.51. The van der Waals surface area contributed by atoms with Gasteiger partial charge in [-0.1, -0.05) is 18.2 Å². The van der Waals surface area contributed by atoms with Gasteiger partial charge in [0.1, 0.15) is 0 Å². The van der Waals surface area contributed by atoms with Crippen LogP contribution >= 0.6 is 0 Å². The van der Waals surface area contributed by atoms with E-state index >= 15 is 0 Å². The first kappa shape index (κ1) is 12.2. The number of benzene rings is 1. The molecule has 3 heteroatoms. The van der Waals surface area contributed by atoms with Gasteiger partial charge in [-0.25, -0.2) is 0 Å². The fourth-order valence-electron chi connectivity index (χ4n) is 2.66. The molecule has 1 aromatic heterocycles. The monoisotopic (exact) mass is 253 g/mol. The van der Waals surface area contributed by atoms with E-state index in [1.165, 1.54) is 29.8 Å². The van der Waals surface area contributed by atoms with Gasteiger partial charge in [-0.3, -0.25) is 4.98 Å². The van der Waals surface area contributed by atoms with Crippen LogP contribution in [0.25, 0.3) is 0 Å². The second-order valence-electron chi connectivity index (χ2n) is 4.92. The number of aryl methyl sites for hydroxylation is 1. The van der Waals surface area contributed by atoms with Crippen LogP contribution in [0.1, 0.15) is 17.7 Å². The quantitative estimate of drug-likeness (QED) is 0.911. The Labute approximate surface area is 114 Å². The van der Waals surface area contributed by atoms with Crippen LogP contribution in [0, 0.1) is 0 Å². The van der Waals surface area contributed by atoms with E-state index in [-0.39, 0.29) is 0 Å². The molecule has 3 nitrogen and oxygen atoms in total. The molecule has 0 unspecified atom stereocenters. The van der Waals surface area contributed by atoms with E-state index in [1.807, 2.05) is 13.2 Å². The number of fused-ring (bicyclic) bond motifs is 1. The number of hydrogen-bond donors (Lipinski definition) is 1. The molecule has 0 bridgehead atoms. The molecular weight excluding hydrogens is 234 g/mol. The summed E-state index contributed by atoms with van der Waals surface area (Å²) in [6.45, 7) is 1.89. The molecule has 19 heavy (non-hydrogen) atoms. The first-order valence-electron chi connectivity index (χ1n) is 6.83. The summed E-state index contributed by atoms with van der Waals surface area (Å²) in [4.78, 5) is 6.88. The van der Waals surface area contributed by atoms with E-state index in [2.05, 4.69) is 51.6 Å². The number of para-hydroxylation sites is 1. The molecule has 1 N–H and O–H groups in total. The third-order valence-electron chi connectivity index (χ3n) is 3.59. The lowest BCUT2D eigenvalue weighted by atomic mass is 10.0. The minimum Gasteiger partial charge on any atom is -0.340 e. The molecule has 0 radical (unpaired) electrons. The number of rotatable bonds is 3. The standard InChI is InChI=1S/C16H19N3/c1-17-11-14-8-9-15(12-18-14)19-10-4-6-13-5-2-3-7-16(13)19/h2-3,5,7-9,12,17H,4,6,10-11H2,1H3. The van der Waals surface area contributed by atoms with E-state index in [4.69, 9.17) is 0 Å². The average Bonchev–Trinajstić information content (AvgIpc) is 2.48. The predicted octanol–water partition coefficient (Wildman–Crippen LogP) is 2.89. The molecule has 2 aromatic rings. The van der Waals surface area contributed by atoms with E-state index < -0.39 is 0 Å². The van der Waals surface area contributed by atoms with Gasteiger partial charge in [-0.2, -0.15) is 0 Å². The highest BCUT2D eigenvalue weighted by molar-refractivity contribution is 5.67. The number of pyridine rings is 1. The summed E-state index contributed by atoms with van der Waals surface area (Å²) in [7, 11) is 1.94. The largest absolute Gasteiger partial charge is 0.340 e. The Morgan fingerprint density at radius 3 is 2.89 bits per heavy atom. The molecule has 1 aliphatic heterocycles. The lowest BCUT2D eigenvalue weighted by Gasteiger charge is -2.31. The second-order valence-corrected chi connectivity index (χ2v) is 4.92. The molecule has 0 spiro atoms. The van der Waals surface area contributed by atoms with E-state index in [0.29, 0.717) is 0 Å². The Balaban J connectivity index is 1.90. The third-order valence-corrected chi connectivity index (χ3v) is 3.59. The zero-order valence-electron chi connectivity index (χ0n) is 11.3. The van der Waals surface area contributed by atoms with Crippen molar-refractivity contribution in [1.29, 1.82) is 0 Å². The van der Waals surface area contributed by atoms with Crippen LogP contribution in [0.4, 0.5) is 11.4 Å². The SMILES string of the molecule is CNCc1ccc(N2CCCc3ccccc32)cn1. The van der Waals surface area contributed by atoms with Crippen molar-refractivity contribution in [1.82, 2.24) is 10.3 Å². The summed E-state index contributed by atoms with van der Waals surface area (Å²) in [5.41, 5.74) is 5.04. The first-order chi connectivity index (χ1) is 9.38. The van der Waals surface area contributed by atoms with Gasteiger partial charge in [0.05, 0.1) is 17.6 Å². The fourth-order valence-corrected chi connectivity index (χ4v) is 2.66. The summed E-state index contributed by atoms with van der Waals surface area (Å²) >= 11 is 0. The molecule has 98 valence electrons. The lowest BCUT2D eigenvalue weighted by molar-refractivity contribution is 0.761. The zero-order valence-corrected chi connectivity index (χ0v) is 11.3. The van der Waals surface area contributed by atoms with Crippen molar-refractivity contribution < 1.29 is 0 Å². The summed E-state index contributed by atoms with van der Waals surface area (Å²) in [6.07, 6.45) is 4.36. The highest BCUT2D eigenvalue weighted by atomic mass is 15.1. The summed E-state index contributed by atoms with van der Waals surface area (Å²) in [5, 5.41) is 3.12. The Bertz CT molecular complexity index is 548. The van der Waals surface area contributed by atoms with Gasteiger partial charge in [-0.05, 0) is 43.7 Å². The summed E-state index contributed by atoms with van der Waals surface area (Å²) in [6, 6.07) is 12.9. The van der Waals surface area contributed by atoms with Crippen LogP contribution in [0.15, 0.2) is 42.6 Å². The van der Waals surface area contributed by atoms with Crippen LogP contribution in [0.3, 0.4) is 0 Å². The normalized spacial score (nSPS) is 14.3. The molecule has 0 fully saturated rings. The highest BCUT2D eigenvalue weighted by Crippen LogP contribution is 2.32. The van der Waals surface area contributed by atoms with Gasteiger partial charge in [-0.15, -0.1) is 0 Å². The van der Waals surface area contributed by atoms with Gasteiger partial charge >= 0.3 is 0 Å². The minimum absolute atomic E-state index is 0.816. The van der Waals surface area contributed by atoms with Crippen molar-refractivity contribution in [2.24, 2.45) is 0 Å². The number of aromatic nitrogens is 1. The topological polar surface area (TPSA) is 28.2 Å². The minimum atomic E-state index is 0.816. The second kappa shape index (κ2) is 5.41. The van der Waals surface area contributed by atoms with E-state index in [9.17, 15) is 0 Å². The first-order valence-corrected chi connectivity index (χ1v) is 6.83. The van der Waals surface area contributed by atoms with Crippen molar-refractivity contribution in [2.45, 2.75) is 19.4 Å². The molecular formula is C16H19N3. The number of nitrogens with one attached hydrogen (secondary N) is 1. The maximum Gasteiger partial charge on any atom is 0.0597 e. The Kier molecular flexibility index (Phi) is 3.47. The lowest BCUT2D eigenvalue weighted by Crippen LogP contribution is -2.24. The van der Waals surface area contributed by atoms with Crippen molar-refractivity contribution in [2.75, 3.05) is 18.5 Å². The molecule has 0 saturated carbocycles. The zero-order chi connectivity index (χ0) is 13.1. The van der Waals surface area contributed by atoms with Crippen LogP contribution in [0.5, 0.6) is 0 Å². The number of anilines is 2. The highest BCUT2D eigenvalue weighted by Gasteiger charge is 2.17. The Hall–Kier alpha value is -1.87. The Morgan fingerprint density at radius 1 is 1.21 bits per heavy atom. The number of nitrogens with zero attached hydrogens (tertiary/aromatic N) is 2. The molecule has 3 rings (SSSR count). The van der Waals surface area contributed by atoms with Gasteiger partial charge in [0.25, 0.3) is 0 Å².